The molecule has 0 aliphatic carbocycles. The SMILES string of the molecule is [C-]#[N+]c1c(SC)nc(-c2ccc(SC)cc2)n(-c2ccc(C)cc2)c1=O. The Kier molecular flexibility index (Phi) is 5.50. The molecule has 0 aliphatic heterocycles. The van der Waals surface area contributed by atoms with E-state index in [-0.39, 0.29) is 11.2 Å². The molecule has 0 radical (unpaired) electrons. The van der Waals surface area contributed by atoms with E-state index in [9.17, 15) is 4.79 Å². The molecule has 0 unspecified atom stereocenters. The maximum atomic E-state index is 13.1. The molecule has 0 saturated carbocycles. The van der Waals surface area contributed by atoms with E-state index in [1.165, 1.54) is 16.3 Å². The molecular formula is C20H17N3OS2. The van der Waals surface area contributed by atoms with Gasteiger partial charge in [-0.05, 0) is 43.7 Å². The summed E-state index contributed by atoms with van der Waals surface area (Å²) in [5, 5.41) is 0.456. The molecule has 0 atom stereocenters. The highest BCUT2D eigenvalue weighted by atomic mass is 32.2. The molecular weight excluding hydrogens is 362 g/mol. The Balaban J connectivity index is 2.33. The van der Waals surface area contributed by atoms with Crippen molar-refractivity contribution in [2.75, 3.05) is 12.5 Å². The summed E-state index contributed by atoms with van der Waals surface area (Å²) in [7, 11) is 0. The minimum Gasteiger partial charge on any atom is -0.282 e. The van der Waals surface area contributed by atoms with Crippen LogP contribution in [0.3, 0.4) is 0 Å². The van der Waals surface area contributed by atoms with Crippen molar-refractivity contribution < 1.29 is 0 Å². The molecule has 3 rings (SSSR count). The molecule has 4 nitrogen and oxygen atoms in total. The van der Waals surface area contributed by atoms with Crippen molar-refractivity contribution in [1.29, 1.82) is 0 Å². The van der Waals surface area contributed by atoms with Gasteiger partial charge >= 0.3 is 0 Å². The summed E-state index contributed by atoms with van der Waals surface area (Å²) in [6, 6.07) is 15.6. The van der Waals surface area contributed by atoms with Gasteiger partial charge in [0.25, 0.3) is 11.2 Å². The summed E-state index contributed by atoms with van der Waals surface area (Å²) in [5.41, 5.74) is 2.36. The maximum Gasteiger partial charge on any atom is 0.282 e. The van der Waals surface area contributed by atoms with Gasteiger partial charge in [-0.1, -0.05) is 29.8 Å². The van der Waals surface area contributed by atoms with Crippen molar-refractivity contribution in [1.82, 2.24) is 9.55 Å². The minimum atomic E-state index is -0.341. The third kappa shape index (κ3) is 3.41. The standard InChI is InChI=1S/C20H17N3OS2/c1-13-5-9-15(10-6-13)23-18(14-7-11-16(25-3)12-8-14)22-19(26-4)17(21-2)20(23)24/h5-12H,1,3-4H3. The highest BCUT2D eigenvalue weighted by Crippen LogP contribution is 2.29. The van der Waals surface area contributed by atoms with Crippen LogP contribution in [-0.2, 0) is 0 Å². The lowest BCUT2D eigenvalue weighted by atomic mass is 10.2. The lowest BCUT2D eigenvalue weighted by Crippen LogP contribution is -2.22. The van der Waals surface area contributed by atoms with Gasteiger partial charge in [-0.15, -0.1) is 23.5 Å². The van der Waals surface area contributed by atoms with Crippen molar-refractivity contribution in [2.45, 2.75) is 16.8 Å². The Labute approximate surface area is 161 Å². The number of aryl methyl sites for hydroxylation is 1. The summed E-state index contributed by atoms with van der Waals surface area (Å²) >= 11 is 2.97. The van der Waals surface area contributed by atoms with E-state index >= 15 is 0 Å². The summed E-state index contributed by atoms with van der Waals surface area (Å²) in [6.07, 6.45) is 3.85. The first-order chi connectivity index (χ1) is 12.6. The van der Waals surface area contributed by atoms with Crippen molar-refractivity contribution >= 4 is 29.2 Å². The lowest BCUT2D eigenvalue weighted by Gasteiger charge is -2.15. The molecule has 0 saturated heterocycles. The monoisotopic (exact) mass is 379 g/mol. The average molecular weight is 380 g/mol. The quantitative estimate of drug-likeness (QED) is 0.355. The second kappa shape index (κ2) is 7.81. The zero-order chi connectivity index (χ0) is 18.7. The van der Waals surface area contributed by atoms with Crippen LogP contribution in [0, 0.1) is 13.5 Å². The summed E-state index contributed by atoms with van der Waals surface area (Å²) in [4.78, 5) is 22.3. The minimum absolute atomic E-state index is 0.0579. The molecule has 26 heavy (non-hydrogen) atoms. The first kappa shape index (κ1) is 18.3. The summed E-state index contributed by atoms with van der Waals surface area (Å²) < 4.78 is 1.53. The van der Waals surface area contributed by atoms with E-state index in [1.54, 1.807) is 11.8 Å². The van der Waals surface area contributed by atoms with Crippen LogP contribution in [0.25, 0.3) is 21.9 Å². The first-order valence-corrected chi connectivity index (χ1v) is 10.3. The molecule has 0 fully saturated rings. The van der Waals surface area contributed by atoms with Crippen molar-refractivity contribution in [3.05, 3.63) is 75.9 Å². The number of hydrogen-bond donors (Lipinski definition) is 0. The van der Waals surface area contributed by atoms with Crippen LogP contribution in [0.2, 0.25) is 0 Å². The van der Waals surface area contributed by atoms with Crippen LogP contribution >= 0.6 is 23.5 Å². The Morgan fingerprint density at radius 3 is 2.19 bits per heavy atom. The predicted molar refractivity (Wildman–Crippen MR) is 110 cm³/mol. The first-order valence-electron chi connectivity index (χ1n) is 7.89. The maximum absolute atomic E-state index is 13.1. The van der Waals surface area contributed by atoms with Gasteiger partial charge in [0.15, 0.2) is 0 Å². The zero-order valence-corrected chi connectivity index (χ0v) is 16.3. The molecule has 3 aromatic rings. The third-order valence-electron chi connectivity index (χ3n) is 3.97. The predicted octanol–water partition coefficient (Wildman–Crippen LogP) is 5.20. The molecule has 6 heteroatoms. The van der Waals surface area contributed by atoms with E-state index in [2.05, 4.69) is 9.83 Å². The van der Waals surface area contributed by atoms with Crippen LogP contribution in [0.1, 0.15) is 5.56 Å². The molecule has 0 bridgehead atoms. The zero-order valence-electron chi connectivity index (χ0n) is 14.7. The van der Waals surface area contributed by atoms with E-state index < -0.39 is 0 Å². The normalized spacial score (nSPS) is 10.5. The molecule has 0 spiro atoms. The van der Waals surface area contributed by atoms with Crippen LogP contribution in [0.15, 0.2) is 63.2 Å². The Hall–Kier alpha value is -2.49. The lowest BCUT2D eigenvalue weighted by molar-refractivity contribution is 0.915. The van der Waals surface area contributed by atoms with E-state index in [0.29, 0.717) is 16.5 Å². The van der Waals surface area contributed by atoms with Crippen LogP contribution in [0.4, 0.5) is 5.69 Å². The van der Waals surface area contributed by atoms with E-state index in [4.69, 9.17) is 6.57 Å². The Morgan fingerprint density at radius 2 is 1.65 bits per heavy atom. The summed E-state index contributed by atoms with van der Waals surface area (Å²) in [5.74, 6) is 0.545. The second-order valence-electron chi connectivity index (χ2n) is 5.61. The van der Waals surface area contributed by atoms with E-state index in [0.717, 1.165) is 16.0 Å². The van der Waals surface area contributed by atoms with Crippen molar-refractivity contribution in [3.8, 4) is 17.1 Å². The van der Waals surface area contributed by atoms with Crippen molar-refractivity contribution in [3.63, 3.8) is 0 Å². The molecule has 130 valence electrons. The Morgan fingerprint density at radius 1 is 1.00 bits per heavy atom. The van der Waals surface area contributed by atoms with Crippen LogP contribution in [0.5, 0.6) is 0 Å². The van der Waals surface area contributed by atoms with E-state index in [1.807, 2.05) is 68.0 Å². The number of thioether (sulfide) groups is 2. The van der Waals surface area contributed by atoms with Gasteiger partial charge in [-0.25, -0.2) is 9.83 Å². The Bertz CT molecular complexity index is 1030. The van der Waals surface area contributed by atoms with Gasteiger partial charge in [0.2, 0.25) is 0 Å². The van der Waals surface area contributed by atoms with Gasteiger partial charge < -0.3 is 0 Å². The average Bonchev–Trinajstić information content (AvgIpc) is 2.68. The molecule has 1 aromatic heterocycles. The number of nitrogens with zero attached hydrogens (tertiary/aromatic N) is 3. The highest BCUT2D eigenvalue weighted by molar-refractivity contribution is 7.98. The largest absolute Gasteiger partial charge is 0.282 e. The smallest absolute Gasteiger partial charge is 0.282 e. The molecule has 1 heterocycles. The molecule has 0 aliphatic rings. The van der Waals surface area contributed by atoms with Gasteiger partial charge in [-0.2, -0.15) is 0 Å². The number of benzene rings is 2. The van der Waals surface area contributed by atoms with Crippen LogP contribution < -0.4 is 5.56 Å². The molecule has 2 aromatic carbocycles. The fraction of sp³-hybridized carbons (Fsp3) is 0.150. The fourth-order valence-electron chi connectivity index (χ4n) is 2.60. The highest BCUT2D eigenvalue weighted by Gasteiger charge is 2.18. The number of hydrogen-bond acceptors (Lipinski definition) is 4. The van der Waals surface area contributed by atoms with Crippen molar-refractivity contribution in [2.24, 2.45) is 0 Å². The van der Waals surface area contributed by atoms with Gasteiger partial charge in [0.1, 0.15) is 10.9 Å². The number of aromatic nitrogens is 2. The van der Waals surface area contributed by atoms with Gasteiger partial charge in [0, 0.05) is 16.1 Å². The molecule has 0 N–H and O–H groups in total. The van der Waals surface area contributed by atoms with Crippen LogP contribution in [-0.4, -0.2) is 22.1 Å². The third-order valence-corrected chi connectivity index (χ3v) is 5.39. The van der Waals surface area contributed by atoms with Gasteiger partial charge in [0.05, 0.1) is 6.57 Å². The number of rotatable bonds is 4. The topological polar surface area (TPSA) is 39.2 Å². The van der Waals surface area contributed by atoms with Gasteiger partial charge in [-0.3, -0.25) is 9.36 Å². The second-order valence-corrected chi connectivity index (χ2v) is 7.28. The summed E-state index contributed by atoms with van der Waals surface area (Å²) in [6.45, 7) is 9.40. The fourth-order valence-corrected chi connectivity index (χ4v) is 3.51. The molecule has 0 amide bonds.